The Morgan fingerprint density at radius 3 is 2.94 bits per heavy atom. The van der Waals surface area contributed by atoms with Crippen molar-refractivity contribution in [2.45, 2.75) is 32.0 Å². The number of nitrogens with zero attached hydrogens (tertiary/aromatic N) is 2. The van der Waals surface area contributed by atoms with Gasteiger partial charge in [-0.1, -0.05) is 13.3 Å². The van der Waals surface area contributed by atoms with Crippen molar-refractivity contribution in [2.75, 3.05) is 27.2 Å². The Morgan fingerprint density at radius 1 is 1.53 bits per heavy atom. The molecule has 0 spiro atoms. The topological polar surface area (TPSA) is 65.7 Å². The van der Waals surface area contributed by atoms with E-state index in [4.69, 9.17) is 5.73 Å². The largest absolute Gasteiger partial charge is 0.370 e. The SMILES string of the molecule is CCCCC1(N)N=CC=C(NCCN(C)C)N1. The molecule has 0 fully saturated rings. The van der Waals surface area contributed by atoms with Crippen LogP contribution in [-0.4, -0.2) is 44.1 Å². The van der Waals surface area contributed by atoms with Gasteiger partial charge < -0.3 is 15.5 Å². The van der Waals surface area contributed by atoms with Crippen molar-refractivity contribution >= 4 is 6.21 Å². The zero-order chi connectivity index (χ0) is 12.7. The zero-order valence-corrected chi connectivity index (χ0v) is 11.2. The lowest BCUT2D eigenvalue weighted by atomic mass is 10.1. The number of aliphatic imine (C=N–C) groups is 1. The van der Waals surface area contributed by atoms with Crippen LogP contribution in [0.5, 0.6) is 0 Å². The van der Waals surface area contributed by atoms with Crippen molar-refractivity contribution in [3.8, 4) is 0 Å². The highest BCUT2D eigenvalue weighted by molar-refractivity contribution is 5.73. The van der Waals surface area contributed by atoms with Gasteiger partial charge in [0, 0.05) is 25.7 Å². The smallest absolute Gasteiger partial charge is 0.183 e. The number of hydrogen-bond acceptors (Lipinski definition) is 5. The van der Waals surface area contributed by atoms with Gasteiger partial charge in [-0.05, 0) is 26.6 Å². The molecule has 1 atom stereocenters. The minimum atomic E-state index is -0.634. The molecule has 0 radical (unpaired) electrons. The van der Waals surface area contributed by atoms with Crippen molar-refractivity contribution in [1.29, 1.82) is 0 Å². The average molecular weight is 239 g/mol. The van der Waals surface area contributed by atoms with E-state index in [0.29, 0.717) is 0 Å². The molecular weight excluding hydrogens is 214 g/mol. The van der Waals surface area contributed by atoms with Crippen LogP contribution in [0.1, 0.15) is 26.2 Å². The van der Waals surface area contributed by atoms with E-state index in [1.165, 1.54) is 0 Å². The molecule has 0 amide bonds. The van der Waals surface area contributed by atoms with E-state index in [2.05, 4.69) is 41.5 Å². The first-order valence-corrected chi connectivity index (χ1v) is 6.27. The van der Waals surface area contributed by atoms with Crippen molar-refractivity contribution in [3.63, 3.8) is 0 Å². The van der Waals surface area contributed by atoms with Gasteiger partial charge in [0.2, 0.25) is 0 Å². The number of nitrogens with one attached hydrogen (secondary N) is 2. The number of hydrogen-bond donors (Lipinski definition) is 3. The Hall–Kier alpha value is -1.07. The second kappa shape index (κ2) is 6.61. The first-order chi connectivity index (χ1) is 8.06. The molecule has 5 nitrogen and oxygen atoms in total. The zero-order valence-electron chi connectivity index (χ0n) is 11.2. The Balaban J connectivity index is 2.38. The van der Waals surface area contributed by atoms with Crippen LogP contribution in [0, 0.1) is 0 Å². The number of likely N-dealkylation sites (N-methyl/N-ethyl adjacent to an activating group) is 1. The normalized spacial score (nSPS) is 23.5. The fourth-order valence-electron chi connectivity index (χ4n) is 1.64. The summed E-state index contributed by atoms with van der Waals surface area (Å²) in [6, 6.07) is 0. The second-order valence-electron chi connectivity index (χ2n) is 4.74. The summed E-state index contributed by atoms with van der Waals surface area (Å²) in [5.41, 5.74) is 6.17. The van der Waals surface area contributed by atoms with Crippen LogP contribution < -0.4 is 16.4 Å². The van der Waals surface area contributed by atoms with Gasteiger partial charge in [-0.3, -0.25) is 10.7 Å². The number of unbranched alkanes of at least 4 members (excludes halogenated alkanes) is 1. The van der Waals surface area contributed by atoms with Gasteiger partial charge in [-0.2, -0.15) is 0 Å². The summed E-state index contributed by atoms with van der Waals surface area (Å²) in [6.07, 6.45) is 6.76. The highest BCUT2D eigenvalue weighted by Gasteiger charge is 2.24. The molecule has 0 aliphatic carbocycles. The molecule has 1 rings (SSSR count). The van der Waals surface area contributed by atoms with Crippen molar-refractivity contribution in [1.82, 2.24) is 15.5 Å². The number of rotatable bonds is 7. The average Bonchev–Trinajstić information content (AvgIpc) is 2.26. The number of allylic oxidation sites excluding steroid dienone is 1. The third-order valence-electron chi connectivity index (χ3n) is 2.68. The Bertz CT molecular complexity index is 285. The minimum absolute atomic E-state index is 0.634. The third-order valence-corrected chi connectivity index (χ3v) is 2.68. The molecule has 1 heterocycles. The van der Waals surface area contributed by atoms with E-state index in [9.17, 15) is 0 Å². The Morgan fingerprint density at radius 2 is 2.29 bits per heavy atom. The summed E-state index contributed by atoms with van der Waals surface area (Å²) in [5.74, 6) is 0.325. The van der Waals surface area contributed by atoms with Gasteiger partial charge in [-0.25, -0.2) is 0 Å². The lowest BCUT2D eigenvalue weighted by molar-refractivity contribution is 0.328. The second-order valence-corrected chi connectivity index (χ2v) is 4.74. The van der Waals surface area contributed by atoms with E-state index in [-0.39, 0.29) is 0 Å². The van der Waals surface area contributed by atoms with Gasteiger partial charge >= 0.3 is 0 Å². The van der Waals surface area contributed by atoms with Crippen LogP contribution >= 0.6 is 0 Å². The Labute approximate surface area is 104 Å². The van der Waals surface area contributed by atoms with Crippen LogP contribution in [0.2, 0.25) is 0 Å². The molecule has 0 aromatic heterocycles. The standard InChI is InChI=1S/C12H25N5/c1-4-5-7-12(13)15-8-6-11(16-12)14-9-10-17(2)3/h6,8,14,16H,4-5,7,9-10,13H2,1-3H3. The van der Waals surface area contributed by atoms with Crippen molar-refractivity contribution < 1.29 is 0 Å². The predicted molar refractivity (Wildman–Crippen MR) is 72.7 cm³/mol. The maximum absolute atomic E-state index is 6.17. The van der Waals surface area contributed by atoms with Crippen LogP contribution in [0.15, 0.2) is 16.9 Å². The molecule has 98 valence electrons. The molecule has 0 aromatic carbocycles. The van der Waals surface area contributed by atoms with Gasteiger partial charge in [-0.15, -0.1) is 0 Å². The van der Waals surface area contributed by atoms with Crippen LogP contribution in [0.3, 0.4) is 0 Å². The lowest BCUT2D eigenvalue weighted by Crippen LogP contribution is -2.55. The summed E-state index contributed by atoms with van der Waals surface area (Å²) in [5, 5.41) is 6.57. The highest BCUT2D eigenvalue weighted by atomic mass is 15.3. The quantitative estimate of drug-likeness (QED) is 0.604. The summed E-state index contributed by atoms with van der Waals surface area (Å²) in [6.45, 7) is 4.04. The van der Waals surface area contributed by atoms with E-state index < -0.39 is 5.79 Å². The molecule has 0 saturated heterocycles. The molecule has 0 aromatic rings. The van der Waals surface area contributed by atoms with Gasteiger partial charge in [0.15, 0.2) is 5.79 Å². The van der Waals surface area contributed by atoms with E-state index in [1.807, 2.05) is 6.08 Å². The van der Waals surface area contributed by atoms with Crippen LogP contribution in [-0.2, 0) is 0 Å². The van der Waals surface area contributed by atoms with Crippen LogP contribution in [0.4, 0.5) is 0 Å². The molecule has 5 heteroatoms. The van der Waals surface area contributed by atoms with Crippen LogP contribution in [0.25, 0.3) is 0 Å². The maximum Gasteiger partial charge on any atom is 0.183 e. The lowest BCUT2D eigenvalue weighted by Gasteiger charge is -2.31. The molecule has 1 unspecified atom stereocenters. The maximum atomic E-state index is 6.17. The van der Waals surface area contributed by atoms with Crippen molar-refractivity contribution in [3.05, 3.63) is 11.9 Å². The molecule has 0 saturated carbocycles. The Kier molecular flexibility index (Phi) is 5.44. The molecule has 1 aliphatic rings. The summed E-state index contributed by atoms with van der Waals surface area (Å²) < 4.78 is 0. The van der Waals surface area contributed by atoms with E-state index in [1.54, 1.807) is 6.21 Å². The summed E-state index contributed by atoms with van der Waals surface area (Å²) >= 11 is 0. The van der Waals surface area contributed by atoms with Crippen molar-refractivity contribution in [2.24, 2.45) is 10.7 Å². The first kappa shape index (κ1) is 14.0. The third kappa shape index (κ3) is 5.19. The monoisotopic (exact) mass is 239 g/mol. The summed E-state index contributed by atoms with van der Waals surface area (Å²) in [4.78, 5) is 6.44. The molecular formula is C12H25N5. The van der Waals surface area contributed by atoms with E-state index >= 15 is 0 Å². The first-order valence-electron chi connectivity index (χ1n) is 6.27. The fourth-order valence-corrected chi connectivity index (χ4v) is 1.64. The van der Waals surface area contributed by atoms with E-state index in [0.717, 1.165) is 38.2 Å². The summed E-state index contributed by atoms with van der Waals surface area (Å²) in [7, 11) is 4.11. The molecule has 4 N–H and O–H groups in total. The number of nitrogens with two attached hydrogens (primary N) is 1. The molecule has 17 heavy (non-hydrogen) atoms. The molecule has 1 aliphatic heterocycles. The predicted octanol–water partition coefficient (Wildman–Crippen LogP) is 0.456. The minimum Gasteiger partial charge on any atom is -0.370 e. The van der Waals surface area contributed by atoms with Gasteiger partial charge in [0.05, 0.1) is 0 Å². The van der Waals surface area contributed by atoms with Gasteiger partial charge in [0.25, 0.3) is 0 Å². The highest BCUT2D eigenvalue weighted by Crippen LogP contribution is 2.13. The molecule has 0 bridgehead atoms. The van der Waals surface area contributed by atoms with Gasteiger partial charge in [0.1, 0.15) is 5.82 Å². The fraction of sp³-hybridized carbons (Fsp3) is 0.750.